The number of benzene rings is 2. The van der Waals surface area contributed by atoms with Gasteiger partial charge in [-0.05, 0) is 55.2 Å². The van der Waals surface area contributed by atoms with E-state index in [9.17, 15) is 4.39 Å². The lowest BCUT2D eigenvalue weighted by Gasteiger charge is -2.33. The highest BCUT2D eigenvalue weighted by molar-refractivity contribution is 8.13. The van der Waals surface area contributed by atoms with Crippen LogP contribution in [0.1, 0.15) is 24.8 Å². The molecule has 0 atom stereocenters. The van der Waals surface area contributed by atoms with Crippen LogP contribution >= 0.6 is 11.8 Å². The topological polar surface area (TPSA) is 36.9 Å². The van der Waals surface area contributed by atoms with Crippen molar-refractivity contribution in [1.82, 2.24) is 10.2 Å². The zero-order valence-electron chi connectivity index (χ0n) is 15.9. The molecule has 0 radical (unpaired) electrons. The number of fused-ring (bicyclic) bond motifs is 1. The summed E-state index contributed by atoms with van der Waals surface area (Å²) >= 11 is 1.80. The van der Waals surface area contributed by atoms with E-state index in [0.717, 1.165) is 61.3 Å². The number of piperidine rings is 1. The summed E-state index contributed by atoms with van der Waals surface area (Å²) in [6.07, 6.45) is 3.26. The van der Waals surface area contributed by atoms with Crippen molar-refractivity contribution in [2.24, 2.45) is 4.99 Å². The van der Waals surface area contributed by atoms with Crippen molar-refractivity contribution in [3.8, 4) is 5.75 Å². The molecule has 0 spiro atoms. The van der Waals surface area contributed by atoms with E-state index in [4.69, 9.17) is 9.73 Å². The van der Waals surface area contributed by atoms with E-state index in [1.165, 1.54) is 17.7 Å². The number of rotatable bonds is 6. The van der Waals surface area contributed by atoms with Crippen LogP contribution in [0.2, 0.25) is 0 Å². The number of nitrogens with one attached hydrogen (secondary N) is 1. The van der Waals surface area contributed by atoms with E-state index < -0.39 is 0 Å². The Hall–Kier alpha value is -2.05. The molecule has 0 bridgehead atoms. The Kier molecular flexibility index (Phi) is 6.49. The number of aliphatic imine (C=N–C) groups is 1. The third kappa shape index (κ3) is 5.26. The molecule has 4 rings (SSSR count). The summed E-state index contributed by atoms with van der Waals surface area (Å²) in [4.78, 5) is 7.27. The van der Waals surface area contributed by atoms with E-state index >= 15 is 0 Å². The smallest absolute Gasteiger partial charge is 0.162 e. The molecule has 1 N–H and O–H groups in total. The van der Waals surface area contributed by atoms with Gasteiger partial charge in [-0.2, -0.15) is 0 Å². The Morgan fingerprint density at radius 3 is 2.71 bits per heavy atom. The largest absolute Gasteiger partial charge is 0.494 e. The number of thioether (sulfide) groups is 1. The first-order valence-corrected chi connectivity index (χ1v) is 10.9. The van der Waals surface area contributed by atoms with Crippen molar-refractivity contribution >= 4 is 22.6 Å². The van der Waals surface area contributed by atoms with Crippen LogP contribution in [0.3, 0.4) is 0 Å². The average Bonchev–Trinajstić information content (AvgIpc) is 2.73. The van der Waals surface area contributed by atoms with E-state index in [1.54, 1.807) is 23.9 Å². The Morgan fingerprint density at radius 2 is 1.89 bits per heavy atom. The van der Waals surface area contributed by atoms with Gasteiger partial charge in [-0.1, -0.05) is 30.0 Å². The Labute approximate surface area is 170 Å². The maximum absolute atomic E-state index is 12.9. The first-order valence-electron chi connectivity index (χ1n) is 9.93. The lowest BCUT2D eigenvalue weighted by atomic mass is 10.1. The van der Waals surface area contributed by atoms with Crippen LogP contribution in [0.25, 0.3) is 0 Å². The molecular formula is C22H26FN3OS. The molecule has 148 valence electrons. The molecule has 2 aromatic rings. The highest BCUT2D eigenvalue weighted by Crippen LogP contribution is 2.30. The fraction of sp³-hybridized carbons (Fsp3) is 0.409. The minimum atomic E-state index is -0.231. The quantitative estimate of drug-likeness (QED) is 0.721. The van der Waals surface area contributed by atoms with Crippen molar-refractivity contribution in [1.29, 1.82) is 0 Å². The van der Waals surface area contributed by atoms with Gasteiger partial charge in [0.25, 0.3) is 0 Å². The van der Waals surface area contributed by atoms with Crippen LogP contribution in [-0.2, 0) is 5.75 Å². The molecule has 1 fully saturated rings. The van der Waals surface area contributed by atoms with Crippen LogP contribution < -0.4 is 10.1 Å². The molecule has 2 aliphatic heterocycles. The summed E-state index contributed by atoms with van der Waals surface area (Å²) in [5.74, 6) is 1.50. The minimum absolute atomic E-state index is 0.231. The van der Waals surface area contributed by atoms with Crippen molar-refractivity contribution in [2.45, 2.75) is 31.1 Å². The molecule has 0 saturated carbocycles. The second-order valence-electron chi connectivity index (χ2n) is 7.25. The third-order valence-corrected chi connectivity index (χ3v) is 6.13. The second kappa shape index (κ2) is 9.43. The normalized spacial score (nSPS) is 17.7. The molecule has 6 heteroatoms. The van der Waals surface area contributed by atoms with Crippen LogP contribution in [0.4, 0.5) is 10.1 Å². The highest BCUT2D eigenvalue weighted by atomic mass is 32.2. The zero-order valence-corrected chi connectivity index (χ0v) is 16.8. The maximum atomic E-state index is 12.9. The predicted molar refractivity (Wildman–Crippen MR) is 114 cm³/mol. The Bertz CT molecular complexity index is 804. The van der Waals surface area contributed by atoms with E-state index in [1.807, 2.05) is 6.07 Å². The fourth-order valence-corrected chi connectivity index (χ4v) is 4.54. The van der Waals surface area contributed by atoms with Crippen molar-refractivity contribution in [2.75, 3.05) is 26.2 Å². The molecule has 0 aliphatic carbocycles. The predicted octanol–water partition coefficient (Wildman–Crippen LogP) is 4.58. The summed E-state index contributed by atoms with van der Waals surface area (Å²) in [7, 11) is 0. The lowest BCUT2D eigenvalue weighted by molar-refractivity contribution is 0.189. The first-order chi connectivity index (χ1) is 13.8. The molecule has 4 nitrogen and oxygen atoms in total. The van der Waals surface area contributed by atoms with Crippen LogP contribution in [0, 0.1) is 5.82 Å². The van der Waals surface area contributed by atoms with Crippen molar-refractivity contribution in [3.05, 3.63) is 59.9 Å². The number of nitrogens with zero attached hydrogens (tertiary/aromatic N) is 2. The minimum Gasteiger partial charge on any atom is -0.494 e. The van der Waals surface area contributed by atoms with Crippen LogP contribution in [0.5, 0.6) is 5.75 Å². The summed E-state index contributed by atoms with van der Waals surface area (Å²) in [6.45, 7) is 3.90. The van der Waals surface area contributed by atoms with Crippen molar-refractivity contribution in [3.63, 3.8) is 0 Å². The van der Waals surface area contributed by atoms with E-state index in [-0.39, 0.29) is 5.82 Å². The van der Waals surface area contributed by atoms with Crippen molar-refractivity contribution < 1.29 is 9.13 Å². The van der Waals surface area contributed by atoms with Gasteiger partial charge in [-0.3, -0.25) is 0 Å². The standard InChI is InChI=1S/C22H26FN3OS/c23-18-6-8-20(9-7-18)27-15-3-12-26-13-10-19(11-14-26)24-22-25-21-5-2-1-4-17(21)16-28-22/h1-2,4-9,19H,3,10-16H2,(H,24,25). The Morgan fingerprint density at radius 1 is 1.11 bits per heavy atom. The molecule has 0 unspecified atom stereocenters. The summed E-state index contributed by atoms with van der Waals surface area (Å²) in [6, 6.07) is 15.1. The monoisotopic (exact) mass is 399 g/mol. The van der Waals surface area contributed by atoms with E-state index in [0.29, 0.717) is 12.6 Å². The zero-order chi connectivity index (χ0) is 19.2. The van der Waals surface area contributed by atoms with Crippen LogP contribution in [0.15, 0.2) is 53.5 Å². The third-order valence-electron chi connectivity index (χ3n) is 5.19. The molecule has 2 heterocycles. The highest BCUT2D eigenvalue weighted by Gasteiger charge is 2.21. The number of amidine groups is 1. The molecule has 2 aliphatic rings. The number of likely N-dealkylation sites (tertiary alicyclic amines) is 1. The number of para-hydroxylation sites is 1. The first kappa shape index (κ1) is 19.3. The number of hydrogen-bond acceptors (Lipinski definition) is 5. The molecule has 1 saturated heterocycles. The second-order valence-corrected chi connectivity index (χ2v) is 8.21. The molecule has 2 aromatic carbocycles. The molecule has 0 aromatic heterocycles. The number of ether oxygens (including phenoxy) is 1. The van der Waals surface area contributed by atoms with Crippen LogP contribution in [-0.4, -0.2) is 42.4 Å². The number of halogens is 1. The van der Waals surface area contributed by atoms with Gasteiger partial charge >= 0.3 is 0 Å². The fourth-order valence-electron chi connectivity index (χ4n) is 3.59. The molecular weight excluding hydrogens is 373 g/mol. The van der Waals surface area contributed by atoms with E-state index in [2.05, 4.69) is 28.4 Å². The van der Waals surface area contributed by atoms with Gasteiger partial charge < -0.3 is 15.0 Å². The summed E-state index contributed by atoms with van der Waals surface area (Å²) in [5.41, 5.74) is 2.41. The Balaban J connectivity index is 1.15. The van der Waals surface area contributed by atoms with Gasteiger partial charge in [-0.15, -0.1) is 0 Å². The van der Waals surface area contributed by atoms with Gasteiger partial charge in [-0.25, -0.2) is 9.38 Å². The maximum Gasteiger partial charge on any atom is 0.162 e. The summed E-state index contributed by atoms with van der Waals surface area (Å²) in [5, 5.41) is 4.70. The van der Waals surface area contributed by atoms with Gasteiger partial charge in [0.05, 0.1) is 12.3 Å². The van der Waals surface area contributed by atoms with Gasteiger partial charge in [0.2, 0.25) is 0 Å². The van der Waals surface area contributed by atoms with Gasteiger partial charge in [0.1, 0.15) is 11.6 Å². The average molecular weight is 400 g/mol. The lowest BCUT2D eigenvalue weighted by Crippen LogP contribution is -2.44. The van der Waals surface area contributed by atoms with Gasteiger partial charge in [0.15, 0.2) is 5.17 Å². The molecule has 0 amide bonds. The number of hydrogen-bond donors (Lipinski definition) is 1. The summed E-state index contributed by atoms with van der Waals surface area (Å²) < 4.78 is 18.6. The molecule has 28 heavy (non-hydrogen) atoms. The van der Waals surface area contributed by atoms with Gasteiger partial charge in [0, 0.05) is 31.4 Å². The SMILES string of the molecule is Fc1ccc(OCCCN2CCC(NC3=Nc4ccccc4CS3)CC2)cc1.